The second-order valence-electron chi connectivity index (χ2n) is 5.87. The average molecular weight is 380 g/mol. The molecule has 0 spiro atoms. The molecule has 6 heteroatoms. The minimum atomic E-state index is -3.80. The van der Waals surface area contributed by atoms with Crippen molar-refractivity contribution in [2.75, 3.05) is 18.0 Å². The zero-order valence-electron chi connectivity index (χ0n) is 14.8. The summed E-state index contributed by atoms with van der Waals surface area (Å²) in [5.41, 5.74) is 3.53. The largest absolute Gasteiger partial charge is 0.495 e. The molecule has 0 unspecified atom stereocenters. The van der Waals surface area contributed by atoms with E-state index in [0.717, 1.165) is 16.7 Å². The molecule has 0 N–H and O–H groups in total. The number of sulfonamides is 1. The normalized spacial score (nSPS) is 11.2. The number of benzene rings is 2. The van der Waals surface area contributed by atoms with Gasteiger partial charge in [0.05, 0.1) is 29.3 Å². The number of methoxy groups -OCH3 is 1. The van der Waals surface area contributed by atoms with Crippen LogP contribution in [-0.2, 0) is 10.0 Å². The van der Waals surface area contributed by atoms with Crippen LogP contribution in [0.4, 0.5) is 5.69 Å². The van der Waals surface area contributed by atoms with Crippen LogP contribution in [-0.4, -0.2) is 22.1 Å². The maximum atomic E-state index is 13.2. The first-order chi connectivity index (χ1) is 11.7. The van der Waals surface area contributed by atoms with Crippen LogP contribution in [0.2, 0.25) is 5.02 Å². The summed E-state index contributed by atoms with van der Waals surface area (Å²) in [6, 6.07) is 8.39. The Hall–Kier alpha value is -1.98. The SMILES string of the molecule is C=CCN(c1c(C)cc(C)cc1C)S(=O)(=O)c1ccc(OC)c(Cl)c1. The number of hydrogen-bond acceptors (Lipinski definition) is 3. The van der Waals surface area contributed by atoms with Crippen molar-refractivity contribution < 1.29 is 13.2 Å². The Bertz CT molecular complexity index is 884. The van der Waals surface area contributed by atoms with Crippen molar-refractivity contribution in [3.63, 3.8) is 0 Å². The second kappa shape index (κ2) is 7.50. The standard InChI is InChI=1S/C19H22ClNO3S/c1-6-9-21(19-14(3)10-13(2)11-15(19)4)25(22,23)16-7-8-18(24-5)17(20)12-16/h6-8,10-12H,1,9H2,2-5H3. The Labute approximate surface area is 154 Å². The van der Waals surface area contributed by atoms with E-state index in [1.54, 1.807) is 12.1 Å². The molecule has 0 aromatic heterocycles. The third-order valence-corrected chi connectivity index (χ3v) is 5.95. The molecule has 2 aromatic carbocycles. The van der Waals surface area contributed by atoms with Crippen LogP contribution >= 0.6 is 11.6 Å². The Balaban J connectivity index is 2.64. The molecule has 0 aliphatic rings. The van der Waals surface area contributed by atoms with Gasteiger partial charge >= 0.3 is 0 Å². The molecular weight excluding hydrogens is 358 g/mol. The fourth-order valence-electron chi connectivity index (χ4n) is 2.93. The molecule has 2 rings (SSSR count). The molecule has 0 fully saturated rings. The topological polar surface area (TPSA) is 46.6 Å². The van der Waals surface area contributed by atoms with Gasteiger partial charge in [0, 0.05) is 0 Å². The summed E-state index contributed by atoms with van der Waals surface area (Å²) in [6.07, 6.45) is 1.57. The van der Waals surface area contributed by atoms with E-state index in [1.807, 2.05) is 32.9 Å². The number of anilines is 1. The molecule has 25 heavy (non-hydrogen) atoms. The maximum Gasteiger partial charge on any atom is 0.264 e. The fraction of sp³-hybridized carbons (Fsp3) is 0.263. The molecule has 0 aliphatic carbocycles. The Morgan fingerprint density at radius 3 is 2.24 bits per heavy atom. The molecule has 0 aliphatic heterocycles. The van der Waals surface area contributed by atoms with Crippen LogP contribution in [0.3, 0.4) is 0 Å². The Kier molecular flexibility index (Phi) is 5.80. The van der Waals surface area contributed by atoms with E-state index in [4.69, 9.17) is 16.3 Å². The van der Waals surface area contributed by atoms with Crippen molar-refractivity contribution in [1.29, 1.82) is 0 Å². The third-order valence-electron chi connectivity index (χ3n) is 3.89. The van der Waals surface area contributed by atoms with Gasteiger partial charge in [0.15, 0.2) is 0 Å². The zero-order chi connectivity index (χ0) is 18.8. The van der Waals surface area contributed by atoms with Crippen molar-refractivity contribution in [2.45, 2.75) is 25.7 Å². The van der Waals surface area contributed by atoms with Gasteiger partial charge in [-0.3, -0.25) is 4.31 Å². The number of hydrogen-bond donors (Lipinski definition) is 0. The minimum absolute atomic E-state index is 0.111. The Morgan fingerprint density at radius 2 is 1.76 bits per heavy atom. The summed E-state index contributed by atoms with van der Waals surface area (Å²) in [7, 11) is -2.31. The van der Waals surface area contributed by atoms with Gasteiger partial charge in [0.25, 0.3) is 10.0 Å². The lowest BCUT2D eigenvalue weighted by Crippen LogP contribution is -2.32. The first-order valence-corrected chi connectivity index (χ1v) is 9.59. The van der Waals surface area contributed by atoms with Crippen LogP contribution in [0.5, 0.6) is 5.75 Å². The van der Waals surface area contributed by atoms with E-state index in [1.165, 1.54) is 23.5 Å². The molecule has 0 bridgehead atoms. The van der Waals surface area contributed by atoms with Gasteiger partial charge in [0.2, 0.25) is 0 Å². The second-order valence-corrected chi connectivity index (χ2v) is 8.14. The lowest BCUT2D eigenvalue weighted by Gasteiger charge is -2.27. The molecular formula is C19H22ClNO3S. The predicted octanol–water partition coefficient (Wildman–Crippen LogP) is 4.66. The highest BCUT2D eigenvalue weighted by Crippen LogP contribution is 2.33. The lowest BCUT2D eigenvalue weighted by atomic mass is 10.1. The van der Waals surface area contributed by atoms with E-state index in [0.29, 0.717) is 11.4 Å². The highest BCUT2D eigenvalue weighted by molar-refractivity contribution is 7.92. The molecule has 0 saturated carbocycles. The van der Waals surface area contributed by atoms with Crippen LogP contribution < -0.4 is 9.04 Å². The maximum absolute atomic E-state index is 13.2. The van der Waals surface area contributed by atoms with Gasteiger partial charge in [-0.25, -0.2) is 8.42 Å². The van der Waals surface area contributed by atoms with E-state index in [-0.39, 0.29) is 16.5 Å². The molecule has 0 atom stereocenters. The first kappa shape index (κ1) is 19.3. The molecule has 0 heterocycles. The Morgan fingerprint density at radius 1 is 1.16 bits per heavy atom. The summed E-state index contributed by atoms with van der Waals surface area (Å²) >= 11 is 6.12. The van der Waals surface area contributed by atoms with Gasteiger partial charge in [-0.15, -0.1) is 6.58 Å². The smallest absolute Gasteiger partial charge is 0.264 e. The van der Waals surface area contributed by atoms with Gasteiger partial charge in [-0.1, -0.05) is 35.4 Å². The van der Waals surface area contributed by atoms with E-state index >= 15 is 0 Å². The van der Waals surface area contributed by atoms with Gasteiger partial charge in [-0.05, 0) is 50.1 Å². The predicted molar refractivity (Wildman–Crippen MR) is 103 cm³/mol. The zero-order valence-corrected chi connectivity index (χ0v) is 16.4. The van der Waals surface area contributed by atoms with Crippen LogP contribution in [0, 0.1) is 20.8 Å². The highest BCUT2D eigenvalue weighted by atomic mass is 35.5. The third kappa shape index (κ3) is 3.83. The van der Waals surface area contributed by atoms with Crippen LogP contribution in [0.15, 0.2) is 47.9 Å². The molecule has 0 amide bonds. The summed E-state index contributed by atoms with van der Waals surface area (Å²) in [5, 5.41) is 0.250. The van der Waals surface area contributed by atoms with Crippen molar-refractivity contribution in [3.05, 3.63) is 64.7 Å². The number of rotatable bonds is 6. The monoisotopic (exact) mass is 379 g/mol. The molecule has 4 nitrogen and oxygen atoms in total. The quantitative estimate of drug-likeness (QED) is 0.686. The summed E-state index contributed by atoms with van der Waals surface area (Å²) in [6.45, 7) is 9.66. The van der Waals surface area contributed by atoms with E-state index in [9.17, 15) is 8.42 Å². The van der Waals surface area contributed by atoms with E-state index < -0.39 is 10.0 Å². The number of ether oxygens (including phenoxy) is 1. The van der Waals surface area contributed by atoms with Gasteiger partial charge in [-0.2, -0.15) is 0 Å². The van der Waals surface area contributed by atoms with Crippen molar-refractivity contribution in [1.82, 2.24) is 0 Å². The molecule has 0 radical (unpaired) electrons. The van der Waals surface area contributed by atoms with Crippen molar-refractivity contribution in [2.24, 2.45) is 0 Å². The van der Waals surface area contributed by atoms with Gasteiger partial charge < -0.3 is 4.74 Å². The van der Waals surface area contributed by atoms with Crippen molar-refractivity contribution in [3.8, 4) is 5.75 Å². The minimum Gasteiger partial charge on any atom is -0.495 e. The molecule has 0 saturated heterocycles. The summed E-state index contributed by atoms with van der Waals surface area (Å²) < 4.78 is 32.9. The summed E-state index contributed by atoms with van der Waals surface area (Å²) in [5.74, 6) is 0.429. The molecule has 2 aromatic rings. The van der Waals surface area contributed by atoms with Gasteiger partial charge in [0.1, 0.15) is 5.75 Å². The van der Waals surface area contributed by atoms with E-state index in [2.05, 4.69) is 6.58 Å². The number of halogens is 1. The lowest BCUT2D eigenvalue weighted by molar-refractivity contribution is 0.414. The molecule has 134 valence electrons. The van der Waals surface area contributed by atoms with Crippen LogP contribution in [0.25, 0.3) is 0 Å². The average Bonchev–Trinajstić information content (AvgIpc) is 2.53. The fourth-order valence-corrected chi connectivity index (χ4v) is 4.84. The van der Waals surface area contributed by atoms with Crippen molar-refractivity contribution >= 4 is 27.3 Å². The van der Waals surface area contributed by atoms with Crippen LogP contribution in [0.1, 0.15) is 16.7 Å². The highest BCUT2D eigenvalue weighted by Gasteiger charge is 2.27. The first-order valence-electron chi connectivity index (χ1n) is 7.77. The summed E-state index contributed by atoms with van der Waals surface area (Å²) in [4.78, 5) is 0.111. The number of nitrogens with zero attached hydrogens (tertiary/aromatic N) is 1. The number of aryl methyl sites for hydroxylation is 3.